The van der Waals surface area contributed by atoms with E-state index in [9.17, 15) is 0 Å². The first-order chi connectivity index (χ1) is 9.12. The molecule has 0 aliphatic heterocycles. The summed E-state index contributed by atoms with van der Waals surface area (Å²) in [5.41, 5.74) is 0.445. The van der Waals surface area contributed by atoms with E-state index in [-0.39, 0.29) is 0 Å². The van der Waals surface area contributed by atoms with E-state index in [4.69, 9.17) is 5.26 Å². The number of halogens is 1. The molecule has 0 aromatic heterocycles. The largest absolute Gasteiger partial charge is 0.301 e. The van der Waals surface area contributed by atoms with E-state index in [2.05, 4.69) is 40.7 Å². The van der Waals surface area contributed by atoms with E-state index in [0.29, 0.717) is 17.8 Å². The van der Waals surface area contributed by atoms with Gasteiger partial charge >= 0.3 is 0 Å². The highest BCUT2D eigenvalue weighted by Gasteiger charge is 2.31. The topological polar surface area (TPSA) is 27.0 Å². The lowest BCUT2D eigenvalue weighted by molar-refractivity contribution is 0.141. The van der Waals surface area contributed by atoms with E-state index in [1.54, 1.807) is 0 Å². The van der Waals surface area contributed by atoms with Crippen molar-refractivity contribution in [3.8, 4) is 6.07 Å². The van der Waals surface area contributed by atoms with Gasteiger partial charge in [-0.3, -0.25) is 0 Å². The highest BCUT2D eigenvalue weighted by Crippen LogP contribution is 2.37. The Labute approximate surface area is 127 Å². The van der Waals surface area contributed by atoms with Gasteiger partial charge in [0.1, 0.15) is 0 Å². The lowest BCUT2D eigenvalue weighted by Crippen LogP contribution is -2.41. The molecule has 0 unspecified atom stereocenters. The smallest absolute Gasteiger partial charge is 0.0635 e. The van der Waals surface area contributed by atoms with Crippen molar-refractivity contribution >= 4 is 15.9 Å². The van der Waals surface area contributed by atoms with Crippen LogP contribution in [0.3, 0.4) is 0 Å². The van der Waals surface area contributed by atoms with Gasteiger partial charge in [0.25, 0.3) is 0 Å². The average Bonchev–Trinajstić information content (AvgIpc) is 2.61. The van der Waals surface area contributed by atoms with Gasteiger partial charge in [0.05, 0.1) is 6.07 Å². The van der Waals surface area contributed by atoms with Crippen molar-refractivity contribution in [2.75, 3.05) is 25.0 Å². The summed E-state index contributed by atoms with van der Waals surface area (Å²) in [7, 11) is 0. The van der Waals surface area contributed by atoms with Gasteiger partial charge in [0.2, 0.25) is 0 Å². The molecular weight excluding hydrogens is 300 g/mol. The third-order valence-electron chi connectivity index (χ3n) is 4.17. The summed E-state index contributed by atoms with van der Waals surface area (Å²) in [5.74, 6) is 0.678. The van der Waals surface area contributed by atoms with Gasteiger partial charge in [0.15, 0.2) is 0 Å². The van der Waals surface area contributed by atoms with Crippen LogP contribution in [0.5, 0.6) is 0 Å². The number of alkyl halides is 1. The maximum atomic E-state index is 8.84. The molecule has 0 radical (unpaired) electrons. The Hall–Kier alpha value is -0.0700. The monoisotopic (exact) mass is 328 g/mol. The van der Waals surface area contributed by atoms with Crippen molar-refractivity contribution in [2.45, 2.75) is 58.8 Å². The highest BCUT2D eigenvalue weighted by atomic mass is 79.9. The molecule has 1 fully saturated rings. The van der Waals surface area contributed by atoms with Crippen molar-refractivity contribution in [1.82, 2.24) is 4.90 Å². The Morgan fingerprint density at radius 3 is 2.32 bits per heavy atom. The summed E-state index contributed by atoms with van der Waals surface area (Å²) in [4.78, 5) is 2.53. The minimum atomic E-state index is 0.445. The molecule has 1 saturated carbocycles. The fourth-order valence-electron chi connectivity index (χ4n) is 3.25. The summed E-state index contributed by atoms with van der Waals surface area (Å²) in [5, 5.41) is 9.95. The van der Waals surface area contributed by atoms with Gasteiger partial charge < -0.3 is 4.90 Å². The molecule has 0 spiro atoms. The molecule has 1 rings (SSSR count). The first-order valence-corrected chi connectivity index (χ1v) is 8.89. The van der Waals surface area contributed by atoms with Crippen molar-refractivity contribution in [3.05, 3.63) is 0 Å². The van der Waals surface area contributed by atoms with Crippen LogP contribution in [-0.2, 0) is 0 Å². The Balaban J connectivity index is 2.63. The van der Waals surface area contributed by atoms with Crippen molar-refractivity contribution < 1.29 is 0 Å². The minimum Gasteiger partial charge on any atom is -0.301 e. The highest BCUT2D eigenvalue weighted by molar-refractivity contribution is 9.09. The quantitative estimate of drug-likeness (QED) is 0.504. The molecular formula is C16H29BrN2. The summed E-state index contributed by atoms with van der Waals surface area (Å²) >= 11 is 3.77. The van der Waals surface area contributed by atoms with Crippen LogP contribution in [-0.4, -0.2) is 29.9 Å². The SMILES string of the molecule is CC(C)CN(CCC#N)CC1(CBr)CCCCCC1. The third kappa shape index (κ3) is 6.27. The normalized spacial score (nSPS) is 19.4. The Kier molecular flexibility index (Phi) is 8.02. The molecule has 0 amide bonds. The van der Waals surface area contributed by atoms with E-state index < -0.39 is 0 Å². The van der Waals surface area contributed by atoms with Gasteiger partial charge in [0, 0.05) is 31.4 Å². The van der Waals surface area contributed by atoms with Crippen LogP contribution >= 0.6 is 15.9 Å². The van der Waals surface area contributed by atoms with E-state index in [0.717, 1.165) is 25.0 Å². The molecule has 110 valence electrons. The maximum absolute atomic E-state index is 8.84. The number of nitriles is 1. The third-order valence-corrected chi connectivity index (χ3v) is 5.36. The second-order valence-electron chi connectivity index (χ2n) is 6.58. The van der Waals surface area contributed by atoms with Crippen LogP contribution in [0.25, 0.3) is 0 Å². The van der Waals surface area contributed by atoms with Crippen molar-refractivity contribution in [3.63, 3.8) is 0 Å². The van der Waals surface area contributed by atoms with Crippen molar-refractivity contribution in [2.24, 2.45) is 11.3 Å². The first kappa shape index (κ1) is 17.0. The lowest BCUT2D eigenvalue weighted by atomic mass is 9.81. The van der Waals surface area contributed by atoms with Crippen molar-refractivity contribution in [1.29, 1.82) is 5.26 Å². The molecule has 3 heteroatoms. The van der Waals surface area contributed by atoms with E-state index in [1.165, 1.54) is 38.5 Å². The minimum absolute atomic E-state index is 0.445. The molecule has 0 heterocycles. The standard InChI is InChI=1S/C16H29BrN2/c1-15(2)12-19(11-7-10-18)14-16(13-17)8-5-3-4-6-9-16/h15H,3-9,11-14H2,1-2H3. The molecule has 0 bridgehead atoms. The maximum Gasteiger partial charge on any atom is 0.0635 e. The predicted octanol–water partition coefficient (Wildman–Crippen LogP) is 4.59. The molecule has 0 atom stereocenters. The van der Waals surface area contributed by atoms with E-state index >= 15 is 0 Å². The van der Waals surface area contributed by atoms with Crippen LogP contribution in [0.4, 0.5) is 0 Å². The summed E-state index contributed by atoms with van der Waals surface area (Å²) < 4.78 is 0. The Morgan fingerprint density at radius 2 is 1.84 bits per heavy atom. The molecule has 0 saturated heterocycles. The van der Waals surface area contributed by atoms with Crippen LogP contribution < -0.4 is 0 Å². The molecule has 0 aromatic carbocycles. The molecule has 2 nitrogen and oxygen atoms in total. The fraction of sp³-hybridized carbons (Fsp3) is 0.938. The zero-order valence-corrected chi connectivity index (χ0v) is 14.2. The number of hydrogen-bond acceptors (Lipinski definition) is 2. The number of hydrogen-bond donors (Lipinski definition) is 0. The molecule has 0 N–H and O–H groups in total. The van der Waals surface area contributed by atoms with Gasteiger partial charge in [-0.25, -0.2) is 0 Å². The Bertz CT molecular complexity index is 275. The van der Waals surface area contributed by atoms with Crippen LogP contribution in [0.15, 0.2) is 0 Å². The molecule has 19 heavy (non-hydrogen) atoms. The summed E-state index contributed by atoms with van der Waals surface area (Å²) in [6, 6.07) is 2.30. The molecule has 1 aliphatic carbocycles. The second kappa shape index (κ2) is 8.97. The number of nitrogens with zero attached hydrogens (tertiary/aromatic N) is 2. The number of rotatable bonds is 7. The van der Waals surface area contributed by atoms with Gasteiger partial charge in [-0.15, -0.1) is 0 Å². The van der Waals surface area contributed by atoms with Gasteiger partial charge in [-0.05, 0) is 24.2 Å². The van der Waals surface area contributed by atoms with Gasteiger partial charge in [-0.1, -0.05) is 55.5 Å². The summed E-state index contributed by atoms with van der Waals surface area (Å²) in [6.45, 7) is 7.76. The van der Waals surface area contributed by atoms with Gasteiger partial charge in [-0.2, -0.15) is 5.26 Å². The van der Waals surface area contributed by atoms with E-state index in [1.807, 2.05) is 0 Å². The fourth-order valence-corrected chi connectivity index (χ4v) is 3.98. The second-order valence-corrected chi connectivity index (χ2v) is 7.15. The Morgan fingerprint density at radius 1 is 1.21 bits per heavy atom. The predicted molar refractivity (Wildman–Crippen MR) is 85.4 cm³/mol. The average molecular weight is 329 g/mol. The van der Waals surface area contributed by atoms with Crippen LogP contribution in [0, 0.1) is 22.7 Å². The first-order valence-electron chi connectivity index (χ1n) is 7.77. The van der Waals surface area contributed by atoms with Crippen LogP contribution in [0.1, 0.15) is 58.8 Å². The lowest BCUT2D eigenvalue weighted by Gasteiger charge is -2.37. The van der Waals surface area contributed by atoms with Crippen LogP contribution in [0.2, 0.25) is 0 Å². The summed E-state index contributed by atoms with van der Waals surface area (Å²) in [6.07, 6.45) is 8.90. The zero-order valence-electron chi connectivity index (χ0n) is 12.6. The molecule has 0 aromatic rings. The zero-order chi connectivity index (χ0) is 14.1. The molecule has 1 aliphatic rings.